The highest BCUT2D eigenvalue weighted by atomic mass is 35.5. The molecule has 0 saturated heterocycles. The molecule has 0 aliphatic heterocycles. The summed E-state index contributed by atoms with van der Waals surface area (Å²) in [5, 5.41) is 5.21. The number of nitrogens with one attached hydrogen (secondary N) is 1. The summed E-state index contributed by atoms with van der Waals surface area (Å²) in [5.41, 5.74) is 6.91. The second kappa shape index (κ2) is 11.2. The minimum Gasteiger partial charge on any atom is -0.495 e. The smallest absolute Gasteiger partial charge is 0.240 e. The van der Waals surface area contributed by atoms with Crippen molar-refractivity contribution in [3.63, 3.8) is 0 Å². The molecule has 0 bridgehead atoms. The molecule has 1 amide bonds. The van der Waals surface area contributed by atoms with Crippen molar-refractivity contribution < 1.29 is 14.3 Å². The average molecular weight is 489 g/mol. The first-order valence-corrected chi connectivity index (χ1v) is 11.2. The van der Waals surface area contributed by atoms with Crippen molar-refractivity contribution in [3.8, 4) is 22.6 Å². The number of carbonyl (C=O) groups excluding carboxylic acids is 1. The molecule has 0 spiro atoms. The van der Waals surface area contributed by atoms with Crippen molar-refractivity contribution in [2.24, 2.45) is 5.73 Å². The molecule has 1 saturated carbocycles. The summed E-state index contributed by atoms with van der Waals surface area (Å²) in [7, 11) is 3.12. The number of fused-ring (bicyclic) bond motifs is 1. The van der Waals surface area contributed by atoms with E-state index in [0.717, 1.165) is 22.5 Å². The van der Waals surface area contributed by atoms with E-state index < -0.39 is 5.91 Å². The topological polar surface area (TPSA) is 99.4 Å². The Morgan fingerprint density at radius 2 is 1.76 bits per heavy atom. The summed E-state index contributed by atoms with van der Waals surface area (Å²) in [4.78, 5) is 18.6. The first-order valence-electron chi connectivity index (χ1n) is 10.4. The molecule has 1 fully saturated rings. The predicted octanol–water partition coefficient (Wildman–Crippen LogP) is 5.63. The second-order valence-electron chi connectivity index (χ2n) is 7.48. The Morgan fingerprint density at radius 3 is 2.30 bits per heavy atom. The first-order chi connectivity index (χ1) is 15.9. The van der Waals surface area contributed by atoms with Crippen LogP contribution in [-0.2, 0) is 4.79 Å². The van der Waals surface area contributed by atoms with Gasteiger partial charge in [0.25, 0.3) is 0 Å². The van der Waals surface area contributed by atoms with Gasteiger partial charge in [0.2, 0.25) is 11.9 Å². The van der Waals surface area contributed by atoms with Crippen LogP contribution in [0, 0.1) is 0 Å². The molecule has 7 nitrogen and oxygen atoms in total. The zero-order valence-corrected chi connectivity index (χ0v) is 20.0. The fourth-order valence-corrected chi connectivity index (χ4v) is 4.37. The molecule has 9 heteroatoms. The van der Waals surface area contributed by atoms with Gasteiger partial charge in [-0.15, -0.1) is 0 Å². The lowest BCUT2D eigenvalue weighted by Gasteiger charge is -2.15. The van der Waals surface area contributed by atoms with Crippen molar-refractivity contribution >= 4 is 46.0 Å². The minimum atomic E-state index is -0.481. The third kappa shape index (κ3) is 5.86. The molecular weight excluding hydrogens is 463 g/mol. The molecule has 174 valence electrons. The SMILES string of the molecule is C=CC(N)=O.COc1cc(OC)c(Cl)c(-c2ccc3nc(NC4CCCC4)ncc3c2)c1Cl. The number of nitrogens with two attached hydrogens (primary N) is 1. The third-order valence-corrected chi connectivity index (χ3v) is 6.08. The Morgan fingerprint density at radius 1 is 1.15 bits per heavy atom. The van der Waals surface area contributed by atoms with Crippen molar-refractivity contribution in [3.05, 3.63) is 53.2 Å². The van der Waals surface area contributed by atoms with Gasteiger partial charge in [-0.2, -0.15) is 0 Å². The standard InChI is InChI=1S/C21H21Cl2N3O2.C3H5NO/c1-27-16-10-17(28-2)20(23)18(19(16)22)12-7-8-15-13(9-12)11-24-21(26-15)25-14-5-3-4-6-14;1-2-3(4)5/h7-11,14H,3-6H2,1-2H3,(H,24,25,26);2H,1H2,(H2,4,5). The van der Waals surface area contributed by atoms with Crippen LogP contribution in [-0.4, -0.2) is 36.1 Å². The van der Waals surface area contributed by atoms with Gasteiger partial charge in [-0.25, -0.2) is 9.97 Å². The normalized spacial score (nSPS) is 13.2. The third-order valence-electron chi connectivity index (χ3n) is 5.33. The maximum absolute atomic E-state index is 9.47. The molecule has 3 N–H and O–H groups in total. The Bertz CT molecular complexity index is 1140. The number of ether oxygens (including phenoxy) is 2. The Kier molecular flexibility index (Phi) is 8.36. The van der Waals surface area contributed by atoms with Crippen molar-refractivity contribution in [2.45, 2.75) is 31.7 Å². The number of nitrogens with zero attached hydrogens (tertiary/aromatic N) is 2. The van der Waals surface area contributed by atoms with Crippen LogP contribution in [0.5, 0.6) is 11.5 Å². The number of methoxy groups -OCH3 is 2. The Balaban J connectivity index is 0.000000555. The van der Waals surface area contributed by atoms with E-state index in [4.69, 9.17) is 32.7 Å². The molecule has 1 heterocycles. The number of benzene rings is 2. The molecule has 0 atom stereocenters. The van der Waals surface area contributed by atoms with Crippen LogP contribution in [0.4, 0.5) is 5.95 Å². The van der Waals surface area contributed by atoms with E-state index in [1.165, 1.54) is 25.7 Å². The van der Waals surface area contributed by atoms with Crippen LogP contribution in [0.2, 0.25) is 10.0 Å². The Hall–Kier alpha value is -3.03. The first kappa shape index (κ1) is 24.6. The molecule has 1 aliphatic carbocycles. The zero-order chi connectivity index (χ0) is 24.0. The summed E-state index contributed by atoms with van der Waals surface area (Å²) in [6, 6.07) is 8.02. The number of halogens is 2. The largest absolute Gasteiger partial charge is 0.495 e. The van der Waals surface area contributed by atoms with Gasteiger partial charge in [0.1, 0.15) is 11.5 Å². The van der Waals surface area contributed by atoms with E-state index in [1.54, 1.807) is 20.3 Å². The molecule has 3 aromatic rings. The summed E-state index contributed by atoms with van der Waals surface area (Å²) in [6.07, 6.45) is 7.76. The van der Waals surface area contributed by atoms with E-state index in [0.29, 0.717) is 39.1 Å². The van der Waals surface area contributed by atoms with Crippen molar-refractivity contribution in [1.82, 2.24) is 9.97 Å². The van der Waals surface area contributed by atoms with Crippen LogP contribution >= 0.6 is 23.2 Å². The average Bonchev–Trinajstić information content (AvgIpc) is 3.33. The maximum atomic E-state index is 9.47. The predicted molar refractivity (Wildman–Crippen MR) is 133 cm³/mol. The van der Waals surface area contributed by atoms with Crippen LogP contribution < -0.4 is 20.5 Å². The number of primary amides is 1. The number of rotatable bonds is 6. The molecular formula is C24H26Cl2N4O3. The van der Waals surface area contributed by atoms with Gasteiger partial charge in [-0.1, -0.05) is 48.7 Å². The van der Waals surface area contributed by atoms with Crippen molar-refractivity contribution in [1.29, 1.82) is 0 Å². The van der Waals surface area contributed by atoms with E-state index in [9.17, 15) is 4.79 Å². The van der Waals surface area contributed by atoms with Crippen molar-refractivity contribution in [2.75, 3.05) is 19.5 Å². The fourth-order valence-electron chi connectivity index (χ4n) is 3.65. The molecule has 1 aromatic heterocycles. The van der Waals surface area contributed by atoms with E-state index in [1.807, 2.05) is 24.4 Å². The molecule has 33 heavy (non-hydrogen) atoms. The van der Waals surface area contributed by atoms with Gasteiger partial charge in [-0.3, -0.25) is 4.79 Å². The van der Waals surface area contributed by atoms with Gasteiger partial charge >= 0.3 is 0 Å². The van der Waals surface area contributed by atoms with Gasteiger partial charge in [-0.05, 0) is 36.6 Å². The lowest BCUT2D eigenvalue weighted by Crippen LogP contribution is -2.16. The molecule has 1 aliphatic rings. The maximum Gasteiger partial charge on any atom is 0.240 e. The van der Waals surface area contributed by atoms with Gasteiger partial charge < -0.3 is 20.5 Å². The summed E-state index contributed by atoms with van der Waals surface area (Å²) in [5.74, 6) is 1.20. The minimum absolute atomic E-state index is 0.438. The van der Waals surface area contributed by atoms with Crippen LogP contribution in [0.25, 0.3) is 22.0 Å². The molecule has 2 aromatic carbocycles. The molecule has 0 radical (unpaired) electrons. The monoisotopic (exact) mass is 488 g/mol. The van der Waals surface area contributed by atoms with Crippen LogP contribution in [0.3, 0.4) is 0 Å². The zero-order valence-electron chi connectivity index (χ0n) is 18.5. The second-order valence-corrected chi connectivity index (χ2v) is 8.24. The number of hydrogen-bond donors (Lipinski definition) is 2. The van der Waals surface area contributed by atoms with Crippen LogP contribution in [0.15, 0.2) is 43.1 Å². The summed E-state index contributed by atoms with van der Waals surface area (Å²) >= 11 is 13.1. The summed E-state index contributed by atoms with van der Waals surface area (Å²) < 4.78 is 10.7. The number of carbonyl (C=O) groups is 1. The van der Waals surface area contributed by atoms with E-state index >= 15 is 0 Å². The van der Waals surface area contributed by atoms with E-state index in [-0.39, 0.29) is 0 Å². The fraction of sp³-hybridized carbons (Fsp3) is 0.292. The Labute approximate surface area is 202 Å². The number of anilines is 1. The highest BCUT2D eigenvalue weighted by molar-refractivity contribution is 6.41. The number of hydrogen-bond acceptors (Lipinski definition) is 6. The van der Waals surface area contributed by atoms with Crippen LogP contribution in [0.1, 0.15) is 25.7 Å². The number of aromatic nitrogens is 2. The lowest BCUT2D eigenvalue weighted by atomic mass is 10.0. The highest BCUT2D eigenvalue weighted by Crippen LogP contribution is 2.46. The molecule has 4 rings (SSSR count). The van der Waals surface area contributed by atoms with Gasteiger partial charge in [0, 0.05) is 29.3 Å². The quantitative estimate of drug-likeness (QED) is 0.435. The highest BCUT2D eigenvalue weighted by Gasteiger charge is 2.19. The van der Waals surface area contributed by atoms with Gasteiger partial charge in [0.05, 0.1) is 29.8 Å². The van der Waals surface area contributed by atoms with Gasteiger partial charge in [0.15, 0.2) is 0 Å². The van der Waals surface area contributed by atoms with E-state index in [2.05, 4.69) is 27.6 Å². The summed E-state index contributed by atoms with van der Waals surface area (Å²) in [6.45, 7) is 3.09. The lowest BCUT2D eigenvalue weighted by molar-refractivity contribution is -0.113. The molecule has 0 unspecified atom stereocenters. The number of amides is 1.